The maximum absolute atomic E-state index is 13.6. The molecule has 2 N–H and O–H groups in total. The summed E-state index contributed by atoms with van der Waals surface area (Å²) in [4.78, 5) is 29.6. The van der Waals surface area contributed by atoms with Gasteiger partial charge in [-0.15, -0.1) is 0 Å². The van der Waals surface area contributed by atoms with E-state index in [0.717, 1.165) is 6.07 Å². The van der Waals surface area contributed by atoms with Gasteiger partial charge in [0.15, 0.2) is 0 Å². The maximum Gasteiger partial charge on any atom is 0.310 e. The minimum absolute atomic E-state index is 0.265. The van der Waals surface area contributed by atoms with Gasteiger partial charge in [-0.3, -0.25) is 9.59 Å². The molecule has 1 amide bonds. The van der Waals surface area contributed by atoms with Crippen LogP contribution in [0.4, 0.5) is 8.78 Å². The highest BCUT2D eigenvalue weighted by molar-refractivity contribution is 6.07. The van der Waals surface area contributed by atoms with E-state index in [4.69, 9.17) is 9.94 Å². The molecule has 0 radical (unpaired) electrons. The number of carbonyl (C=O) groups excluding carboxylic acids is 1. The van der Waals surface area contributed by atoms with Crippen LogP contribution in [0.3, 0.4) is 0 Å². The van der Waals surface area contributed by atoms with Crippen molar-refractivity contribution in [2.45, 2.75) is 37.3 Å². The molecule has 8 heteroatoms. The SMILES string of the molecule is O=C(O)[C@@H]1C=C[C@H](NC(=O)C23CCCC2C(c2cc(F)cc(F)c2)=NO3)C1. The Bertz CT molecular complexity index is 849. The van der Waals surface area contributed by atoms with E-state index in [1.807, 2.05) is 0 Å². The predicted octanol–water partition coefficient (Wildman–Crippen LogP) is 2.38. The van der Waals surface area contributed by atoms with Crippen molar-refractivity contribution in [2.24, 2.45) is 17.0 Å². The first-order chi connectivity index (χ1) is 12.9. The van der Waals surface area contributed by atoms with Crippen LogP contribution in [0, 0.1) is 23.5 Å². The van der Waals surface area contributed by atoms with Gasteiger partial charge in [-0.25, -0.2) is 8.78 Å². The zero-order chi connectivity index (χ0) is 19.2. The number of carbonyl (C=O) groups is 2. The van der Waals surface area contributed by atoms with Crippen molar-refractivity contribution in [3.05, 3.63) is 47.5 Å². The largest absolute Gasteiger partial charge is 0.481 e. The second kappa shape index (κ2) is 6.44. The van der Waals surface area contributed by atoms with E-state index in [1.54, 1.807) is 12.2 Å². The molecule has 0 aromatic heterocycles. The van der Waals surface area contributed by atoms with Crippen LogP contribution in [0.1, 0.15) is 31.2 Å². The summed E-state index contributed by atoms with van der Waals surface area (Å²) < 4.78 is 27.2. The van der Waals surface area contributed by atoms with Gasteiger partial charge in [0.1, 0.15) is 11.6 Å². The summed E-state index contributed by atoms with van der Waals surface area (Å²) in [7, 11) is 0. The fourth-order valence-corrected chi connectivity index (χ4v) is 4.19. The standard InChI is InChI=1S/C19H18F2N2O4/c20-12-6-11(7-13(21)9-12)16-15-2-1-5-19(15,27-23-16)18(26)22-14-4-3-10(8-14)17(24)25/h3-4,6-7,9-10,14-15H,1-2,5,8H2,(H,22,26)(H,24,25)/t10-,14+,15?,19?/m1/s1. The van der Waals surface area contributed by atoms with Crippen LogP contribution in [-0.2, 0) is 14.4 Å². The number of carboxylic acids is 1. The third-order valence-corrected chi connectivity index (χ3v) is 5.50. The number of hydrogen-bond donors (Lipinski definition) is 2. The Labute approximate surface area is 153 Å². The lowest BCUT2D eigenvalue weighted by atomic mass is 9.84. The van der Waals surface area contributed by atoms with Crippen LogP contribution in [0.2, 0.25) is 0 Å². The maximum atomic E-state index is 13.6. The first-order valence-corrected chi connectivity index (χ1v) is 8.84. The topological polar surface area (TPSA) is 88.0 Å². The van der Waals surface area contributed by atoms with Gasteiger partial charge in [-0.1, -0.05) is 17.3 Å². The highest BCUT2D eigenvalue weighted by Crippen LogP contribution is 2.45. The zero-order valence-corrected chi connectivity index (χ0v) is 14.3. The average molecular weight is 376 g/mol. The molecular weight excluding hydrogens is 358 g/mol. The number of fused-ring (bicyclic) bond motifs is 1. The van der Waals surface area contributed by atoms with Gasteiger partial charge in [0.25, 0.3) is 5.91 Å². The molecule has 1 aromatic rings. The average Bonchev–Trinajstić information content (AvgIpc) is 3.28. The van der Waals surface area contributed by atoms with Gasteiger partial charge in [-0.2, -0.15) is 0 Å². The minimum atomic E-state index is -1.22. The second-order valence-electron chi connectivity index (χ2n) is 7.21. The molecule has 2 aliphatic carbocycles. The quantitative estimate of drug-likeness (QED) is 0.790. The Morgan fingerprint density at radius 3 is 2.63 bits per heavy atom. The van der Waals surface area contributed by atoms with Crippen molar-refractivity contribution in [3.63, 3.8) is 0 Å². The van der Waals surface area contributed by atoms with Crippen molar-refractivity contribution in [2.75, 3.05) is 0 Å². The number of oxime groups is 1. The third-order valence-electron chi connectivity index (χ3n) is 5.50. The Kier molecular flexibility index (Phi) is 4.20. The number of rotatable bonds is 4. The normalized spacial score (nSPS) is 31.3. The lowest BCUT2D eigenvalue weighted by Gasteiger charge is -2.27. The second-order valence-corrected chi connectivity index (χ2v) is 7.21. The smallest absolute Gasteiger partial charge is 0.310 e. The number of nitrogens with zero attached hydrogens (tertiary/aromatic N) is 1. The fourth-order valence-electron chi connectivity index (χ4n) is 4.19. The Hall–Kier alpha value is -2.77. The molecule has 4 atom stereocenters. The molecule has 1 heterocycles. The Morgan fingerprint density at radius 1 is 1.22 bits per heavy atom. The third kappa shape index (κ3) is 2.98. The van der Waals surface area contributed by atoms with E-state index >= 15 is 0 Å². The van der Waals surface area contributed by atoms with Crippen LogP contribution in [-0.4, -0.2) is 34.3 Å². The molecule has 3 aliphatic rings. The van der Waals surface area contributed by atoms with Crippen molar-refractivity contribution < 1.29 is 28.3 Å². The van der Waals surface area contributed by atoms with Gasteiger partial charge >= 0.3 is 5.97 Å². The molecule has 142 valence electrons. The van der Waals surface area contributed by atoms with Crippen molar-refractivity contribution in [1.29, 1.82) is 0 Å². The zero-order valence-electron chi connectivity index (χ0n) is 14.3. The fraction of sp³-hybridized carbons (Fsp3) is 0.421. The highest BCUT2D eigenvalue weighted by Gasteiger charge is 2.58. The molecule has 2 unspecified atom stereocenters. The van der Waals surface area contributed by atoms with Gasteiger partial charge in [0.2, 0.25) is 5.60 Å². The van der Waals surface area contributed by atoms with E-state index in [-0.39, 0.29) is 17.9 Å². The number of nitrogens with one attached hydrogen (secondary N) is 1. The minimum Gasteiger partial charge on any atom is -0.481 e. The lowest BCUT2D eigenvalue weighted by Crippen LogP contribution is -2.52. The van der Waals surface area contributed by atoms with Gasteiger partial charge in [0, 0.05) is 17.7 Å². The summed E-state index contributed by atoms with van der Waals surface area (Å²) >= 11 is 0. The summed E-state index contributed by atoms with van der Waals surface area (Å²) in [5, 5.41) is 15.9. The molecule has 1 aromatic carbocycles. The molecule has 0 spiro atoms. The van der Waals surface area contributed by atoms with E-state index in [2.05, 4.69) is 10.5 Å². The molecule has 0 saturated heterocycles. The van der Waals surface area contributed by atoms with Gasteiger partial charge in [-0.05, 0) is 37.8 Å². The molecule has 6 nitrogen and oxygen atoms in total. The number of carboxylic acid groups (broad SMARTS) is 1. The summed E-state index contributed by atoms with van der Waals surface area (Å²) in [5.74, 6) is -3.78. The molecule has 1 aliphatic heterocycles. The molecular formula is C19H18F2N2O4. The van der Waals surface area contributed by atoms with Gasteiger partial charge in [0.05, 0.1) is 17.5 Å². The molecule has 1 saturated carbocycles. The van der Waals surface area contributed by atoms with Crippen molar-refractivity contribution in [1.82, 2.24) is 5.32 Å². The summed E-state index contributed by atoms with van der Waals surface area (Å²) in [6.45, 7) is 0. The number of halogens is 2. The van der Waals surface area contributed by atoms with Crippen molar-refractivity contribution in [3.8, 4) is 0 Å². The number of benzene rings is 1. The first kappa shape index (κ1) is 17.6. The molecule has 4 rings (SSSR count). The van der Waals surface area contributed by atoms with Crippen LogP contribution in [0.15, 0.2) is 35.5 Å². The lowest BCUT2D eigenvalue weighted by molar-refractivity contribution is -0.147. The monoisotopic (exact) mass is 376 g/mol. The van der Waals surface area contributed by atoms with Crippen LogP contribution in [0.25, 0.3) is 0 Å². The van der Waals surface area contributed by atoms with Crippen LogP contribution >= 0.6 is 0 Å². The van der Waals surface area contributed by atoms with E-state index in [1.165, 1.54) is 12.1 Å². The van der Waals surface area contributed by atoms with Gasteiger partial charge < -0.3 is 15.3 Å². The number of aliphatic carboxylic acids is 1. The summed E-state index contributed by atoms with van der Waals surface area (Å²) in [6, 6.07) is 2.73. The highest BCUT2D eigenvalue weighted by atomic mass is 19.1. The van der Waals surface area contributed by atoms with Crippen LogP contribution in [0.5, 0.6) is 0 Å². The van der Waals surface area contributed by atoms with E-state index < -0.39 is 41.1 Å². The summed E-state index contributed by atoms with van der Waals surface area (Å²) in [6.07, 6.45) is 5.27. The number of hydrogen-bond acceptors (Lipinski definition) is 4. The number of amides is 1. The molecule has 0 bridgehead atoms. The Balaban J connectivity index is 1.53. The van der Waals surface area contributed by atoms with E-state index in [9.17, 15) is 18.4 Å². The van der Waals surface area contributed by atoms with E-state index in [0.29, 0.717) is 25.0 Å². The molecule has 27 heavy (non-hydrogen) atoms. The van der Waals surface area contributed by atoms with Crippen molar-refractivity contribution >= 4 is 17.6 Å². The predicted molar refractivity (Wildman–Crippen MR) is 90.9 cm³/mol. The Morgan fingerprint density at radius 2 is 1.96 bits per heavy atom. The molecule has 1 fully saturated rings. The summed E-state index contributed by atoms with van der Waals surface area (Å²) in [5.41, 5.74) is -0.583. The first-order valence-electron chi connectivity index (χ1n) is 8.84. The van der Waals surface area contributed by atoms with Crippen LogP contribution < -0.4 is 5.32 Å².